The molecule has 0 aromatic heterocycles. The van der Waals surface area contributed by atoms with E-state index in [0.29, 0.717) is 27.7 Å². The molecule has 19 heavy (non-hydrogen) atoms. The molecule has 0 saturated heterocycles. The van der Waals surface area contributed by atoms with Crippen molar-refractivity contribution < 1.29 is 9.13 Å². The van der Waals surface area contributed by atoms with Gasteiger partial charge in [0.1, 0.15) is 11.6 Å². The van der Waals surface area contributed by atoms with Crippen LogP contribution in [0.1, 0.15) is 5.56 Å². The maximum Gasteiger partial charge on any atom is 0.129 e. The normalized spacial score (nSPS) is 10.3. The highest BCUT2D eigenvalue weighted by Gasteiger charge is 2.07. The number of nitrogens with two attached hydrogens (primary N) is 1. The summed E-state index contributed by atoms with van der Waals surface area (Å²) in [5.41, 5.74) is 7.53. The summed E-state index contributed by atoms with van der Waals surface area (Å²) in [7, 11) is 1.57. The molecule has 0 atom stereocenters. The number of benzene rings is 2. The first-order valence-corrected chi connectivity index (χ1v) is 6.10. The van der Waals surface area contributed by atoms with Crippen LogP contribution in [0, 0.1) is 5.82 Å². The van der Waals surface area contributed by atoms with Crippen LogP contribution in [-0.4, -0.2) is 7.11 Å². The van der Waals surface area contributed by atoms with Gasteiger partial charge >= 0.3 is 0 Å². The van der Waals surface area contributed by atoms with Gasteiger partial charge in [-0.2, -0.15) is 0 Å². The van der Waals surface area contributed by atoms with Gasteiger partial charge in [-0.3, -0.25) is 0 Å². The number of methoxy groups -OCH3 is 1. The van der Waals surface area contributed by atoms with E-state index in [4.69, 9.17) is 22.1 Å². The Morgan fingerprint density at radius 2 is 2.11 bits per heavy atom. The largest absolute Gasteiger partial charge is 0.497 e. The number of hydrogen-bond donors (Lipinski definition) is 2. The van der Waals surface area contributed by atoms with E-state index < -0.39 is 0 Å². The van der Waals surface area contributed by atoms with Crippen LogP contribution in [0.15, 0.2) is 36.4 Å². The van der Waals surface area contributed by atoms with Gasteiger partial charge in [0.2, 0.25) is 0 Å². The average molecular weight is 281 g/mol. The minimum atomic E-state index is -0.341. The molecule has 5 heteroatoms. The van der Waals surface area contributed by atoms with E-state index in [0.717, 1.165) is 0 Å². The minimum absolute atomic E-state index is 0.266. The number of hydrogen-bond acceptors (Lipinski definition) is 3. The fourth-order valence-electron chi connectivity index (χ4n) is 1.71. The lowest BCUT2D eigenvalue weighted by atomic mass is 10.2. The van der Waals surface area contributed by atoms with Gasteiger partial charge in [0.05, 0.1) is 18.5 Å². The van der Waals surface area contributed by atoms with E-state index in [-0.39, 0.29) is 12.4 Å². The van der Waals surface area contributed by atoms with Crippen LogP contribution >= 0.6 is 11.6 Å². The van der Waals surface area contributed by atoms with Crippen molar-refractivity contribution in [2.24, 2.45) is 0 Å². The minimum Gasteiger partial charge on any atom is -0.497 e. The summed E-state index contributed by atoms with van der Waals surface area (Å²) in [4.78, 5) is 0. The van der Waals surface area contributed by atoms with Crippen molar-refractivity contribution in [3.8, 4) is 5.75 Å². The molecule has 2 aromatic rings. The molecule has 0 bridgehead atoms. The molecule has 0 spiro atoms. The van der Waals surface area contributed by atoms with E-state index in [1.165, 1.54) is 6.07 Å². The Labute approximate surface area is 116 Å². The monoisotopic (exact) mass is 280 g/mol. The lowest BCUT2D eigenvalue weighted by Crippen LogP contribution is -2.05. The molecule has 2 rings (SSSR count). The quantitative estimate of drug-likeness (QED) is 0.840. The van der Waals surface area contributed by atoms with E-state index in [2.05, 4.69) is 5.32 Å². The van der Waals surface area contributed by atoms with E-state index in [1.54, 1.807) is 37.4 Å². The van der Waals surface area contributed by atoms with Crippen molar-refractivity contribution in [1.29, 1.82) is 0 Å². The first kappa shape index (κ1) is 13.5. The summed E-state index contributed by atoms with van der Waals surface area (Å²) in [6.45, 7) is 0.266. The third-order valence-corrected chi connectivity index (χ3v) is 3.13. The Hall–Kier alpha value is -1.94. The van der Waals surface area contributed by atoms with E-state index >= 15 is 0 Å². The Morgan fingerprint density at radius 3 is 2.74 bits per heavy atom. The lowest BCUT2D eigenvalue weighted by Gasteiger charge is -2.12. The number of ether oxygens (including phenoxy) is 1. The third kappa shape index (κ3) is 3.09. The van der Waals surface area contributed by atoms with Crippen molar-refractivity contribution in [3.05, 3.63) is 52.8 Å². The van der Waals surface area contributed by atoms with Crippen LogP contribution in [0.4, 0.5) is 15.8 Å². The van der Waals surface area contributed by atoms with Crippen LogP contribution in [0.25, 0.3) is 0 Å². The summed E-state index contributed by atoms with van der Waals surface area (Å²) in [6.07, 6.45) is 0. The molecule has 3 nitrogen and oxygen atoms in total. The maximum absolute atomic E-state index is 13.6. The van der Waals surface area contributed by atoms with Crippen LogP contribution in [0.3, 0.4) is 0 Å². The SMILES string of the molecule is COc1ccc(NCc2c(F)cccc2Cl)c(N)c1. The molecule has 0 heterocycles. The zero-order valence-electron chi connectivity index (χ0n) is 10.4. The summed E-state index contributed by atoms with van der Waals surface area (Å²) < 4.78 is 18.7. The second kappa shape index (κ2) is 5.80. The molecule has 100 valence electrons. The number of anilines is 2. The Morgan fingerprint density at radius 1 is 1.32 bits per heavy atom. The highest BCUT2D eigenvalue weighted by molar-refractivity contribution is 6.31. The molecule has 0 aliphatic rings. The zero-order valence-corrected chi connectivity index (χ0v) is 11.2. The summed E-state index contributed by atoms with van der Waals surface area (Å²) in [5.74, 6) is 0.332. The Kier molecular flexibility index (Phi) is 4.12. The number of nitrogens with one attached hydrogen (secondary N) is 1. The molecule has 0 amide bonds. The molecule has 0 radical (unpaired) electrons. The second-order valence-corrected chi connectivity index (χ2v) is 4.41. The Balaban J connectivity index is 2.15. The van der Waals surface area contributed by atoms with Gasteiger partial charge in [-0.1, -0.05) is 17.7 Å². The number of halogens is 2. The van der Waals surface area contributed by atoms with Crippen LogP contribution < -0.4 is 15.8 Å². The Bertz CT molecular complexity index is 569. The van der Waals surface area contributed by atoms with Crippen LogP contribution in [0.2, 0.25) is 5.02 Å². The zero-order chi connectivity index (χ0) is 13.8. The molecular weight excluding hydrogens is 267 g/mol. The smallest absolute Gasteiger partial charge is 0.129 e. The van der Waals surface area contributed by atoms with E-state index in [1.807, 2.05) is 0 Å². The van der Waals surface area contributed by atoms with Crippen molar-refractivity contribution in [3.63, 3.8) is 0 Å². The average Bonchev–Trinajstić information content (AvgIpc) is 2.39. The van der Waals surface area contributed by atoms with Gasteiger partial charge < -0.3 is 15.8 Å². The molecule has 0 saturated carbocycles. The first-order valence-electron chi connectivity index (χ1n) is 5.72. The van der Waals surface area contributed by atoms with Crippen molar-refractivity contribution in [2.45, 2.75) is 6.54 Å². The molecule has 0 aliphatic heterocycles. The fourth-order valence-corrected chi connectivity index (χ4v) is 1.94. The van der Waals surface area contributed by atoms with Crippen molar-refractivity contribution in [2.75, 3.05) is 18.2 Å². The van der Waals surface area contributed by atoms with Gasteiger partial charge in [0.15, 0.2) is 0 Å². The summed E-state index contributed by atoms with van der Waals surface area (Å²) in [5, 5.41) is 3.45. The first-order chi connectivity index (χ1) is 9.11. The standard InChI is InChI=1S/C14H14ClFN2O/c1-19-9-5-6-14(13(17)7-9)18-8-10-11(15)3-2-4-12(10)16/h2-7,18H,8,17H2,1H3. The van der Waals surface area contributed by atoms with Gasteiger partial charge in [0, 0.05) is 23.2 Å². The van der Waals surface area contributed by atoms with Crippen LogP contribution in [0.5, 0.6) is 5.75 Å². The second-order valence-electron chi connectivity index (χ2n) is 4.01. The summed E-state index contributed by atoms with van der Waals surface area (Å²) in [6, 6.07) is 9.86. The maximum atomic E-state index is 13.6. The topological polar surface area (TPSA) is 47.3 Å². The molecule has 0 unspecified atom stereocenters. The van der Waals surface area contributed by atoms with Crippen LogP contribution in [-0.2, 0) is 6.54 Å². The number of nitrogen functional groups attached to an aromatic ring is 1. The van der Waals surface area contributed by atoms with Gasteiger partial charge in [0.25, 0.3) is 0 Å². The number of rotatable bonds is 4. The third-order valence-electron chi connectivity index (χ3n) is 2.78. The van der Waals surface area contributed by atoms with Gasteiger partial charge in [-0.15, -0.1) is 0 Å². The molecule has 0 aliphatic carbocycles. The fraction of sp³-hybridized carbons (Fsp3) is 0.143. The predicted molar refractivity (Wildman–Crippen MR) is 76.1 cm³/mol. The molecular formula is C14H14ClFN2O. The highest BCUT2D eigenvalue weighted by atomic mass is 35.5. The predicted octanol–water partition coefficient (Wildman–Crippen LogP) is 3.68. The van der Waals surface area contributed by atoms with E-state index in [9.17, 15) is 4.39 Å². The van der Waals surface area contributed by atoms with Crippen molar-refractivity contribution >= 4 is 23.0 Å². The molecule has 0 fully saturated rings. The van der Waals surface area contributed by atoms with Gasteiger partial charge in [-0.25, -0.2) is 4.39 Å². The summed E-state index contributed by atoms with van der Waals surface area (Å²) >= 11 is 5.95. The highest BCUT2D eigenvalue weighted by Crippen LogP contribution is 2.26. The molecule has 2 aromatic carbocycles. The van der Waals surface area contributed by atoms with Crippen molar-refractivity contribution in [1.82, 2.24) is 0 Å². The lowest BCUT2D eigenvalue weighted by molar-refractivity contribution is 0.415. The van der Waals surface area contributed by atoms with Gasteiger partial charge in [-0.05, 0) is 24.3 Å². The molecule has 3 N–H and O–H groups in total.